The molecule has 2 aromatic heterocycles. The van der Waals surface area contributed by atoms with Crippen LogP contribution in [0.2, 0.25) is 5.02 Å². The van der Waals surface area contributed by atoms with Crippen molar-refractivity contribution in [1.82, 2.24) is 14.5 Å². The van der Waals surface area contributed by atoms with Crippen LogP contribution in [0.3, 0.4) is 0 Å². The first-order valence-electron chi connectivity index (χ1n) is 8.38. The Hall–Kier alpha value is -2.57. The Kier molecular flexibility index (Phi) is 4.53. The standard InChI is InChI=1S/C19H18ClN3O3/c1-22-6-5-15-17(22)16(19(24)23-7-9-25-10-8-23)12-21-18(15)26-14-4-2-3-13(20)11-14/h2-6,11-12H,7-10H2,1H3. The number of halogens is 1. The van der Waals surface area contributed by atoms with Crippen molar-refractivity contribution in [3.63, 3.8) is 0 Å². The van der Waals surface area contributed by atoms with Crippen LogP contribution in [0, 0.1) is 0 Å². The zero-order valence-electron chi connectivity index (χ0n) is 14.3. The lowest BCUT2D eigenvalue weighted by Gasteiger charge is -2.27. The van der Waals surface area contributed by atoms with Crippen molar-refractivity contribution in [2.75, 3.05) is 26.3 Å². The highest BCUT2D eigenvalue weighted by atomic mass is 35.5. The molecule has 7 heteroatoms. The van der Waals surface area contributed by atoms with Crippen LogP contribution in [-0.4, -0.2) is 46.7 Å². The molecule has 0 N–H and O–H groups in total. The van der Waals surface area contributed by atoms with Crippen LogP contribution < -0.4 is 4.74 Å². The van der Waals surface area contributed by atoms with Gasteiger partial charge in [0.15, 0.2) is 0 Å². The van der Waals surface area contributed by atoms with Crippen LogP contribution in [0.15, 0.2) is 42.7 Å². The van der Waals surface area contributed by atoms with Gasteiger partial charge in [0.25, 0.3) is 5.91 Å². The molecule has 1 saturated heterocycles. The van der Waals surface area contributed by atoms with Crippen LogP contribution in [0.25, 0.3) is 10.9 Å². The summed E-state index contributed by atoms with van der Waals surface area (Å²) in [7, 11) is 1.90. The summed E-state index contributed by atoms with van der Waals surface area (Å²) in [6.07, 6.45) is 3.48. The van der Waals surface area contributed by atoms with Gasteiger partial charge in [0.2, 0.25) is 5.88 Å². The fourth-order valence-corrected chi connectivity index (χ4v) is 3.29. The third-order valence-electron chi connectivity index (χ3n) is 4.41. The van der Waals surface area contributed by atoms with Crippen molar-refractivity contribution in [2.24, 2.45) is 7.05 Å². The van der Waals surface area contributed by atoms with Crippen molar-refractivity contribution in [3.05, 3.63) is 53.3 Å². The van der Waals surface area contributed by atoms with E-state index in [0.29, 0.717) is 48.5 Å². The van der Waals surface area contributed by atoms with E-state index in [1.54, 1.807) is 23.2 Å². The van der Waals surface area contributed by atoms with Gasteiger partial charge in [-0.2, -0.15) is 0 Å². The first kappa shape index (κ1) is 16.9. The van der Waals surface area contributed by atoms with Crippen molar-refractivity contribution >= 4 is 28.4 Å². The van der Waals surface area contributed by atoms with Gasteiger partial charge in [0.05, 0.1) is 29.7 Å². The van der Waals surface area contributed by atoms with E-state index < -0.39 is 0 Å². The number of morpholine rings is 1. The van der Waals surface area contributed by atoms with Crippen LogP contribution >= 0.6 is 11.6 Å². The van der Waals surface area contributed by atoms with Gasteiger partial charge >= 0.3 is 0 Å². The molecule has 0 atom stereocenters. The number of aromatic nitrogens is 2. The minimum atomic E-state index is -0.0399. The van der Waals surface area contributed by atoms with Crippen molar-refractivity contribution in [2.45, 2.75) is 0 Å². The average molecular weight is 372 g/mol. The molecule has 4 rings (SSSR count). The molecule has 1 aliphatic rings. The molecular weight excluding hydrogens is 354 g/mol. The number of nitrogens with zero attached hydrogens (tertiary/aromatic N) is 3. The average Bonchev–Trinajstić information content (AvgIpc) is 3.05. The van der Waals surface area contributed by atoms with E-state index in [1.807, 2.05) is 36.0 Å². The smallest absolute Gasteiger partial charge is 0.257 e. The molecule has 0 aliphatic carbocycles. The lowest BCUT2D eigenvalue weighted by molar-refractivity contribution is 0.0303. The maximum absolute atomic E-state index is 12.9. The molecule has 1 aliphatic heterocycles. The zero-order chi connectivity index (χ0) is 18.1. The summed E-state index contributed by atoms with van der Waals surface area (Å²) in [5.74, 6) is 1.01. The molecule has 134 valence electrons. The Balaban J connectivity index is 1.73. The minimum absolute atomic E-state index is 0.0399. The van der Waals surface area contributed by atoms with Crippen molar-refractivity contribution in [1.29, 1.82) is 0 Å². The zero-order valence-corrected chi connectivity index (χ0v) is 15.1. The Morgan fingerprint density at radius 1 is 1.27 bits per heavy atom. The Labute approximate surface area is 155 Å². The SMILES string of the molecule is Cn1ccc2c(Oc3cccc(Cl)c3)ncc(C(=O)N3CCOCC3)c21. The number of ether oxygens (including phenoxy) is 2. The van der Waals surface area contributed by atoms with E-state index >= 15 is 0 Å². The predicted molar refractivity (Wildman–Crippen MR) is 99.0 cm³/mol. The highest BCUT2D eigenvalue weighted by Crippen LogP contribution is 2.31. The third-order valence-corrected chi connectivity index (χ3v) is 4.64. The molecule has 0 saturated carbocycles. The van der Waals surface area contributed by atoms with E-state index in [9.17, 15) is 4.79 Å². The minimum Gasteiger partial charge on any atom is -0.438 e. The van der Waals surface area contributed by atoms with Crippen LogP contribution in [0.4, 0.5) is 0 Å². The molecule has 1 amide bonds. The second kappa shape index (κ2) is 6.97. The molecular formula is C19H18ClN3O3. The quantitative estimate of drug-likeness (QED) is 0.707. The number of benzene rings is 1. The Bertz CT molecular complexity index is 964. The highest BCUT2D eigenvalue weighted by molar-refractivity contribution is 6.30. The summed E-state index contributed by atoms with van der Waals surface area (Å²) < 4.78 is 13.2. The van der Waals surface area contributed by atoms with Crippen molar-refractivity contribution < 1.29 is 14.3 Å². The van der Waals surface area contributed by atoms with E-state index in [-0.39, 0.29) is 5.91 Å². The van der Waals surface area contributed by atoms with Crippen LogP contribution in [0.5, 0.6) is 11.6 Å². The van der Waals surface area contributed by atoms with Gasteiger partial charge in [-0.15, -0.1) is 0 Å². The van der Waals surface area contributed by atoms with Gasteiger partial charge in [0, 0.05) is 37.6 Å². The number of aryl methyl sites for hydroxylation is 1. The number of hydrogen-bond acceptors (Lipinski definition) is 4. The summed E-state index contributed by atoms with van der Waals surface area (Å²) in [6, 6.07) is 9.04. The van der Waals surface area contributed by atoms with Gasteiger partial charge in [-0.1, -0.05) is 17.7 Å². The Morgan fingerprint density at radius 2 is 2.08 bits per heavy atom. The number of amides is 1. The number of rotatable bonds is 3. The first-order chi connectivity index (χ1) is 12.6. The maximum Gasteiger partial charge on any atom is 0.257 e. The molecule has 0 bridgehead atoms. The molecule has 26 heavy (non-hydrogen) atoms. The molecule has 3 heterocycles. The largest absolute Gasteiger partial charge is 0.438 e. The van der Waals surface area contributed by atoms with Gasteiger partial charge in [-0.05, 0) is 24.3 Å². The fourth-order valence-electron chi connectivity index (χ4n) is 3.11. The number of fused-ring (bicyclic) bond motifs is 1. The second-order valence-corrected chi connectivity index (χ2v) is 6.57. The molecule has 3 aromatic rings. The summed E-state index contributed by atoms with van der Waals surface area (Å²) in [5.41, 5.74) is 1.36. The lowest BCUT2D eigenvalue weighted by Crippen LogP contribution is -2.40. The monoisotopic (exact) mass is 371 g/mol. The summed E-state index contributed by atoms with van der Waals surface area (Å²) in [4.78, 5) is 19.1. The summed E-state index contributed by atoms with van der Waals surface area (Å²) in [6.45, 7) is 2.30. The van der Waals surface area contributed by atoms with Crippen LogP contribution in [0.1, 0.15) is 10.4 Å². The van der Waals surface area contributed by atoms with E-state index in [1.165, 1.54) is 0 Å². The fraction of sp³-hybridized carbons (Fsp3) is 0.263. The molecule has 0 unspecified atom stereocenters. The van der Waals surface area contributed by atoms with Gasteiger partial charge in [0.1, 0.15) is 5.75 Å². The summed E-state index contributed by atoms with van der Waals surface area (Å²) in [5, 5.41) is 1.37. The number of pyridine rings is 1. The molecule has 1 aromatic carbocycles. The van der Waals surface area contributed by atoms with Gasteiger partial charge < -0.3 is 18.9 Å². The van der Waals surface area contributed by atoms with Crippen LogP contribution in [-0.2, 0) is 11.8 Å². The number of carbonyl (C=O) groups is 1. The number of hydrogen-bond donors (Lipinski definition) is 0. The van der Waals surface area contributed by atoms with E-state index in [2.05, 4.69) is 4.98 Å². The molecule has 1 fully saturated rings. The predicted octanol–water partition coefficient (Wildman–Crippen LogP) is 3.49. The number of carbonyl (C=O) groups excluding carboxylic acids is 1. The third kappa shape index (κ3) is 3.13. The topological polar surface area (TPSA) is 56.6 Å². The van der Waals surface area contributed by atoms with E-state index in [4.69, 9.17) is 21.1 Å². The maximum atomic E-state index is 12.9. The van der Waals surface area contributed by atoms with Gasteiger partial charge in [-0.3, -0.25) is 4.79 Å². The summed E-state index contributed by atoms with van der Waals surface area (Å²) >= 11 is 6.02. The normalized spacial score (nSPS) is 14.6. The molecule has 0 spiro atoms. The van der Waals surface area contributed by atoms with Gasteiger partial charge in [-0.25, -0.2) is 4.98 Å². The highest BCUT2D eigenvalue weighted by Gasteiger charge is 2.23. The lowest BCUT2D eigenvalue weighted by atomic mass is 10.1. The van der Waals surface area contributed by atoms with Crippen molar-refractivity contribution in [3.8, 4) is 11.6 Å². The van der Waals surface area contributed by atoms with E-state index in [0.717, 1.165) is 10.9 Å². The first-order valence-corrected chi connectivity index (χ1v) is 8.76. The molecule has 6 nitrogen and oxygen atoms in total. The Morgan fingerprint density at radius 3 is 2.85 bits per heavy atom. The second-order valence-electron chi connectivity index (χ2n) is 6.13. The molecule has 0 radical (unpaired) electrons.